The van der Waals surface area contributed by atoms with Crippen LogP contribution in [0.4, 0.5) is 0 Å². The average Bonchev–Trinajstić information content (AvgIpc) is 3.04. The summed E-state index contributed by atoms with van der Waals surface area (Å²) in [6, 6.07) is 9.14. The van der Waals surface area contributed by atoms with Gasteiger partial charge in [-0.1, -0.05) is 11.6 Å². The van der Waals surface area contributed by atoms with Gasteiger partial charge < -0.3 is 9.73 Å². The summed E-state index contributed by atoms with van der Waals surface area (Å²) in [6.45, 7) is 2.28. The van der Waals surface area contributed by atoms with Gasteiger partial charge in [0.1, 0.15) is 5.76 Å². The number of rotatable bonds is 4. The van der Waals surface area contributed by atoms with Gasteiger partial charge in [0.15, 0.2) is 5.69 Å². The van der Waals surface area contributed by atoms with Crippen LogP contribution in [-0.2, 0) is 13.5 Å². The molecule has 0 unspecified atom stereocenters. The molecule has 3 rings (SSSR count). The van der Waals surface area contributed by atoms with Gasteiger partial charge in [-0.2, -0.15) is 5.10 Å². The van der Waals surface area contributed by atoms with Gasteiger partial charge in [0.05, 0.1) is 17.2 Å². The Hall–Kier alpha value is -2.89. The topological polar surface area (TPSA) is 77.1 Å². The molecule has 0 saturated heterocycles. The second-order valence-electron chi connectivity index (χ2n) is 5.41. The lowest BCUT2D eigenvalue weighted by molar-refractivity contribution is 0.0946. The Morgan fingerprint density at radius 2 is 2.17 bits per heavy atom. The fourth-order valence-corrected chi connectivity index (χ4v) is 2.48. The summed E-state index contributed by atoms with van der Waals surface area (Å²) in [5.41, 5.74) is 1.22. The highest BCUT2D eigenvalue weighted by atomic mass is 16.3. The third-order valence-corrected chi connectivity index (χ3v) is 3.66. The molecule has 0 saturated carbocycles. The molecule has 0 spiro atoms. The van der Waals surface area contributed by atoms with Crippen LogP contribution in [0.2, 0.25) is 0 Å². The van der Waals surface area contributed by atoms with Crippen molar-refractivity contribution < 1.29 is 9.21 Å². The first kappa shape index (κ1) is 15.0. The van der Waals surface area contributed by atoms with E-state index in [4.69, 9.17) is 4.42 Å². The van der Waals surface area contributed by atoms with Crippen LogP contribution in [0.1, 0.15) is 21.8 Å². The molecule has 23 heavy (non-hydrogen) atoms. The number of fused-ring (bicyclic) bond motifs is 1. The monoisotopic (exact) mass is 311 g/mol. The second-order valence-corrected chi connectivity index (χ2v) is 5.41. The van der Waals surface area contributed by atoms with Crippen molar-refractivity contribution in [1.29, 1.82) is 0 Å². The van der Waals surface area contributed by atoms with Crippen LogP contribution in [0.3, 0.4) is 0 Å². The van der Waals surface area contributed by atoms with Crippen LogP contribution in [0.25, 0.3) is 10.9 Å². The maximum Gasteiger partial charge on any atom is 0.275 e. The molecule has 0 bridgehead atoms. The molecule has 2 aromatic heterocycles. The van der Waals surface area contributed by atoms with Crippen LogP contribution < -0.4 is 10.7 Å². The molecule has 6 heteroatoms. The van der Waals surface area contributed by atoms with Gasteiger partial charge in [-0.3, -0.25) is 14.3 Å². The van der Waals surface area contributed by atoms with Crippen LogP contribution in [0.5, 0.6) is 0 Å². The van der Waals surface area contributed by atoms with E-state index in [0.717, 1.165) is 11.3 Å². The lowest BCUT2D eigenvalue weighted by Gasteiger charge is -2.08. The van der Waals surface area contributed by atoms with E-state index in [2.05, 4.69) is 10.4 Å². The number of carbonyl (C=O) groups excluding carboxylic acids is 1. The molecule has 118 valence electrons. The summed E-state index contributed by atoms with van der Waals surface area (Å²) < 4.78 is 6.76. The number of hydrogen-bond donors (Lipinski definition) is 1. The molecular weight excluding hydrogens is 294 g/mol. The number of amides is 1. The molecule has 0 aliphatic rings. The van der Waals surface area contributed by atoms with E-state index in [1.54, 1.807) is 30.1 Å². The Morgan fingerprint density at radius 1 is 1.35 bits per heavy atom. The molecular formula is C17H17N3O3. The molecule has 0 fully saturated rings. The highest BCUT2D eigenvalue weighted by Gasteiger charge is 2.16. The summed E-state index contributed by atoms with van der Waals surface area (Å²) in [7, 11) is 1.72. The van der Waals surface area contributed by atoms with Gasteiger partial charge >= 0.3 is 0 Å². The van der Waals surface area contributed by atoms with E-state index in [-0.39, 0.29) is 11.1 Å². The molecule has 0 atom stereocenters. The molecule has 0 radical (unpaired) electrons. The molecule has 1 amide bonds. The normalized spacial score (nSPS) is 10.9. The van der Waals surface area contributed by atoms with Crippen molar-refractivity contribution in [2.45, 2.75) is 13.3 Å². The molecule has 6 nitrogen and oxygen atoms in total. The van der Waals surface area contributed by atoms with Crippen molar-refractivity contribution >= 4 is 16.8 Å². The van der Waals surface area contributed by atoms with Gasteiger partial charge in [0, 0.05) is 20.0 Å². The van der Waals surface area contributed by atoms with E-state index in [0.29, 0.717) is 23.9 Å². The van der Waals surface area contributed by atoms with Crippen molar-refractivity contribution in [1.82, 2.24) is 15.1 Å². The number of benzene rings is 1. The van der Waals surface area contributed by atoms with Crippen LogP contribution in [-0.4, -0.2) is 22.2 Å². The molecule has 2 heterocycles. The molecule has 0 aliphatic heterocycles. The minimum Gasteiger partial charge on any atom is -0.469 e. The average molecular weight is 311 g/mol. The Bertz CT molecular complexity index is 911. The van der Waals surface area contributed by atoms with E-state index in [1.807, 2.05) is 25.1 Å². The van der Waals surface area contributed by atoms with Crippen LogP contribution in [0.15, 0.2) is 45.8 Å². The van der Waals surface area contributed by atoms with E-state index in [9.17, 15) is 9.59 Å². The standard InChI is InChI=1S/C17H17N3O3/c1-11-5-6-14-13(10-11)16(21)15(19-20(14)2)17(22)18-8-7-12-4-3-9-23-12/h3-6,9-10H,7-8H2,1-2H3,(H,18,22). The highest BCUT2D eigenvalue weighted by Crippen LogP contribution is 2.11. The first-order valence-corrected chi connectivity index (χ1v) is 7.34. The zero-order valence-corrected chi connectivity index (χ0v) is 13.0. The first-order chi connectivity index (χ1) is 11.1. The molecule has 3 aromatic rings. The minimum absolute atomic E-state index is 0.0926. The maximum atomic E-state index is 12.5. The summed E-state index contributed by atoms with van der Waals surface area (Å²) in [5, 5.41) is 7.32. The lowest BCUT2D eigenvalue weighted by atomic mass is 10.1. The third kappa shape index (κ3) is 3.01. The Balaban J connectivity index is 1.85. The lowest BCUT2D eigenvalue weighted by Crippen LogP contribution is -2.33. The quantitative estimate of drug-likeness (QED) is 0.797. The molecule has 1 aromatic carbocycles. The molecule has 0 aliphatic carbocycles. The largest absolute Gasteiger partial charge is 0.469 e. The summed E-state index contributed by atoms with van der Waals surface area (Å²) >= 11 is 0. The number of aryl methyl sites for hydroxylation is 2. The smallest absolute Gasteiger partial charge is 0.275 e. The number of furan rings is 1. The Morgan fingerprint density at radius 3 is 2.91 bits per heavy atom. The number of nitrogens with zero attached hydrogens (tertiary/aromatic N) is 2. The molecule has 1 N–H and O–H groups in total. The maximum absolute atomic E-state index is 12.5. The zero-order chi connectivity index (χ0) is 16.4. The van der Waals surface area contributed by atoms with E-state index in [1.165, 1.54) is 0 Å². The predicted molar refractivity (Wildman–Crippen MR) is 86.5 cm³/mol. The fraction of sp³-hybridized carbons (Fsp3) is 0.235. The fourth-order valence-electron chi connectivity index (χ4n) is 2.48. The van der Waals surface area contributed by atoms with Crippen LogP contribution >= 0.6 is 0 Å². The van der Waals surface area contributed by atoms with Gasteiger partial charge in [-0.15, -0.1) is 0 Å². The van der Waals surface area contributed by atoms with Crippen molar-refractivity contribution in [2.24, 2.45) is 7.05 Å². The van der Waals surface area contributed by atoms with Crippen molar-refractivity contribution in [3.05, 3.63) is 63.8 Å². The number of nitrogens with one attached hydrogen (secondary N) is 1. The summed E-state index contributed by atoms with van der Waals surface area (Å²) in [5.74, 6) is 0.306. The van der Waals surface area contributed by atoms with Gasteiger partial charge in [-0.25, -0.2) is 0 Å². The van der Waals surface area contributed by atoms with Gasteiger partial charge in [-0.05, 0) is 31.2 Å². The van der Waals surface area contributed by atoms with Crippen LogP contribution in [0, 0.1) is 6.92 Å². The number of hydrogen-bond acceptors (Lipinski definition) is 4. The van der Waals surface area contributed by atoms with Gasteiger partial charge in [0.25, 0.3) is 5.91 Å². The summed E-state index contributed by atoms with van der Waals surface area (Å²) in [6.07, 6.45) is 2.14. The van der Waals surface area contributed by atoms with Crippen molar-refractivity contribution in [2.75, 3.05) is 6.54 Å². The third-order valence-electron chi connectivity index (χ3n) is 3.66. The summed E-state index contributed by atoms with van der Waals surface area (Å²) in [4.78, 5) is 24.8. The Kier molecular flexibility index (Phi) is 3.97. The number of carbonyl (C=O) groups is 1. The predicted octanol–water partition coefficient (Wildman–Crippen LogP) is 1.81. The van der Waals surface area contributed by atoms with E-state index < -0.39 is 5.91 Å². The highest BCUT2D eigenvalue weighted by molar-refractivity contribution is 5.95. The van der Waals surface area contributed by atoms with Crippen molar-refractivity contribution in [3.8, 4) is 0 Å². The Labute approximate surface area is 132 Å². The number of aromatic nitrogens is 2. The SMILES string of the molecule is Cc1ccc2c(c1)c(=O)c(C(=O)NCCc1ccco1)nn2C. The second kappa shape index (κ2) is 6.08. The first-order valence-electron chi connectivity index (χ1n) is 7.34. The van der Waals surface area contributed by atoms with Gasteiger partial charge in [0.2, 0.25) is 5.43 Å². The minimum atomic E-state index is -0.472. The van der Waals surface area contributed by atoms with Crippen molar-refractivity contribution in [3.63, 3.8) is 0 Å². The van der Waals surface area contributed by atoms with E-state index >= 15 is 0 Å². The zero-order valence-electron chi connectivity index (χ0n) is 13.0.